The number of aryl methyl sites for hydroxylation is 3. The Morgan fingerprint density at radius 3 is 2.96 bits per heavy atom. The minimum Gasteiger partial charge on any atom is -0.361 e. The molecule has 2 aromatic heterocycles. The second kappa shape index (κ2) is 7.16. The standard InChI is InChI=1S/C19H25N3O2/c1-4-17-18(14(3)24-21-17)19(23)22-10-6-8-15(12-22)11-16-9-5-7-13(2)20-16/h5,7,9,15H,4,6,8,10-12H2,1-3H3. The number of amides is 1. The van der Waals surface area contributed by atoms with Gasteiger partial charge in [-0.1, -0.05) is 18.1 Å². The van der Waals surface area contributed by atoms with Gasteiger partial charge in [0.1, 0.15) is 11.3 Å². The summed E-state index contributed by atoms with van der Waals surface area (Å²) in [6, 6.07) is 6.14. The van der Waals surface area contributed by atoms with Gasteiger partial charge in [-0.05, 0) is 57.6 Å². The maximum atomic E-state index is 12.9. The van der Waals surface area contributed by atoms with E-state index in [9.17, 15) is 4.79 Å². The molecular formula is C19H25N3O2. The molecule has 1 atom stereocenters. The zero-order valence-electron chi connectivity index (χ0n) is 14.7. The minimum atomic E-state index is 0.0625. The fourth-order valence-corrected chi connectivity index (χ4v) is 3.52. The average molecular weight is 327 g/mol. The number of carbonyl (C=O) groups excluding carboxylic acids is 1. The summed E-state index contributed by atoms with van der Waals surface area (Å²) in [7, 11) is 0. The van der Waals surface area contributed by atoms with Crippen LogP contribution in [0.4, 0.5) is 0 Å². The quantitative estimate of drug-likeness (QED) is 0.864. The third-order valence-electron chi connectivity index (χ3n) is 4.73. The van der Waals surface area contributed by atoms with Crippen LogP contribution >= 0.6 is 0 Å². The van der Waals surface area contributed by atoms with Crippen LogP contribution < -0.4 is 0 Å². The van der Waals surface area contributed by atoms with Gasteiger partial charge in [0.05, 0.1) is 5.69 Å². The van der Waals surface area contributed by atoms with Crippen LogP contribution in [0.3, 0.4) is 0 Å². The molecule has 3 heterocycles. The summed E-state index contributed by atoms with van der Waals surface area (Å²) in [5, 5.41) is 4.01. The monoisotopic (exact) mass is 327 g/mol. The molecule has 1 amide bonds. The highest BCUT2D eigenvalue weighted by Crippen LogP contribution is 2.24. The summed E-state index contributed by atoms with van der Waals surface area (Å²) in [4.78, 5) is 19.5. The molecule has 1 fully saturated rings. The van der Waals surface area contributed by atoms with E-state index in [-0.39, 0.29) is 5.91 Å². The molecule has 1 aliphatic rings. The van der Waals surface area contributed by atoms with E-state index in [4.69, 9.17) is 4.52 Å². The SMILES string of the molecule is CCc1noc(C)c1C(=O)N1CCCC(Cc2cccc(C)n2)C1. The van der Waals surface area contributed by atoms with Crippen molar-refractivity contribution in [2.24, 2.45) is 5.92 Å². The number of piperidine rings is 1. The van der Waals surface area contributed by atoms with E-state index < -0.39 is 0 Å². The molecule has 0 aliphatic carbocycles. The zero-order chi connectivity index (χ0) is 17.1. The highest BCUT2D eigenvalue weighted by atomic mass is 16.5. The largest absolute Gasteiger partial charge is 0.361 e. The smallest absolute Gasteiger partial charge is 0.259 e. The maximum Gasteiger partial charge on any atom is 0.259 e. The lowest BCUT2D eigenvalue weighted by molar-refractivity contribution is 0.0670. The van der Waals surface area contributed by atoms with E-state index in [1.165, 1.54) is 0 Å². The average Bonchev–Trinajstić information content (AvgIpc) is 2.95. The van der Waals surface area contributed by atoms with E-state index in [0.29, 0.717) is 23.7 Å². The van der Waals surface area contributed by atoms with Crippen molar-refractivity contribution >= 4 is 5.91 Å². The summed E-state index contributed by atoms with van der Waals surface area (Å²) in [6.07, 6.45) is 3.81. The Kier molecular flexibility index (Phi) is 4.97. The molecule has 0 bridgehead atoms. The first-order valence-electron chi connectivity index (χ1n) is 8.75. The lowest BCUT2D eigenvalue weighted by Gasteiger charge is -2.32. The van der Waals surface area contributed by atoms with Crippen molar-refractivity contribution in [2.45, 2.75) is 46.5 Å². The number of aromatic nitrogens is 2. The van der Waals surface area contributed by atoms with Crippen LogP contribution in [0.25, 0.3) is 0 Å². The van der Waals surface area contributed by atoms with Crippen LogP contribution in [-0.2, 0) is 12.8 Å². The fraction of sp³-hybridized carbons (Fsp3) is 0.526. The highest BCUT2D eigenvalue weighted by Gasteiger charge is 2.29. The molecule has 0 radical (unpaired) electrons. The van der Waals surface area contributed by atoms with E-state index in [2.05, 4.69) is 22.3 Å². The summed E-state index contributed by atoms with van der Waals surface area (Å²) < 4.78 is 5.23. The van der Waals surface area contributed by atoms with Crippen molar-refractivity contribution < 1.29 is 9.32 Å². The number of pyridine rings is 1. The van der Waals surface area contributed by atoms with E-state index in [0.717, 1.165) is 49.4 Å². The van der Waals surface area contributed by atoms with Gasteiger partial charge in [-0.25, -0.2) is 0 Å². The van der Waals surface area contributed by atoms with Crippen molar-refractivity contribution in [1.29, 1.82) is 0 Å². The van der Waals surface area contributed by atoms with Crippen molar-refractivity contribution in [3.63, 3.8) is 0 Å². The molecule has 1 aliphatic heterocycles. The number of likely N-dealkylation sites (tertiary alicyclic amines) is 1. The molecule has 0 aromatic carbocycles. The van der Waals surface area contributed by atoms with E-state index in [1.54, 1.807) is 0 Å². The molecule has 5 nitrogen and oxygen atoms in total. The van der Waals surface area contributed by atoms with Crippen LogP contribution in [0.1, 0.15) is 53.0 Å². The van der Waals surface area contributed by atoms with Crippen molar-refractivity contribution in [2.75, 3.05) is 13.1 Å². The Morgan fingerprint density at radius 1 is 1.38 bits per heavy atom. The molecule has 0 N–H and O–H groups in total. The Bertz CT molecular complexity index is 723. The van der Waals surface area contributed by atoms with Gasteiger partial charge in [0.2, 0.25) is 0 Å². The molecule has 128 valence electrons. The maximum absolute atomic E-state index is 12.9. The van der Waals surface area contributed by atoms with Crippen molar-refractivity contribution in [3.05, 3.63) is 46.6 Å². The predicted molar refractivity (Wildman–Crippen MR) is 91.9 cm³/mol. The van der Waals surface area contributed by atoms with E-state index >= 15 is 0 Å². The number of carbonyl (C=O) groups is 1. The second-order valence-electron chi connectivity index (χ2n) is 6.65. The number of hydrogen-bond donors (Lipinski definition) is 0. The molecule has 0 spiro atoms. The van der Waals surface area contributed by atoms with Crippen LogP contribution in [0, 0.1) is 19.8 Å². The minimum absolute atomic E-state index is 0.0625. The first-order chi connectivity index (χ1) is 11.6. The molecule has 0 saturated carbocycles. The summed E-state index contributed by atoms with van der Waals surface area (Å²) in [6.45, 7) is 7.42. The molecule has 1 saturated heterocycles. The number of hydrogen-bond acceptors (Lipinski definition) is 4. The van der Waals surface area contributed by atoms with Gasteiger partial charge < -0.3 is 9.42 Å². The van der Waals surface area contributed by atoms with Gasteiger partial charge in [-0.15, -0.1) is 0 Å². The summed E-state index contributed by atoms with van der Waals surface area (Å²) in [5.41, 5.74) is 3.58. The fourth-order valence-electron chi connectivity index (χ4n) is 3.52. The third kappa shape index (κ3) is 3.50. The van der Waals surface area contributed by atoms with Gasteiger partial charge in [0.15, 0.2) is 0 Å². The lowest BCUT2D eigenvalue weighted by atomic mass is 9.92. The Balaban J connectivity index is 1.71. The Morgan fingerprint density at radius 2 is 2.21 bits per heavy atom. The normalized spacial score (nSPS) is 18.0. The highest BCUT2D eigenvalue weighted by molar-refractivity contribution is 5.96. The van der Waals surface area contributed by atoms with Gasteiger partial charge in [-0.2, -0.15) is 0 Å². The van der Waals surface area contributed by atoms with Gasteiger partial charge in [-0.3, -0.25) is 9.78 Å². The van der Waals surface area contributed by atoms with Crippen molar-refractivity contribution in [1.82, 2.24) is 15.0 Å². The molecule has 1 unspecified atom stereocenters. The topological polar surface area (TPSA) is 59.2 Å². The van der Waals surface area contributed by atoms with E-state index in [1.807, 2.05) is 31.7 Å². The molecule has 2 aromatic rings. The summed E-state index contributed by atoms with van der Waals surface area (Å²) >= 11 is 0. The Hall–Kier alpha value is -2.17. The zero-order valence-corrected chi connectivity index (χ0v) is 14.7. The Labute approximate surface area is 143 Å². The van der Waals surface area contributed by atoms with Crippen LogP contribution in [0.2, 0.25) is 0 Å². The molecule has 24 heavy (non-hydrogen) atoms. The lowest BCUT2D eigenvalue weighted by Crippen LogP contribution is -2.41. The molecular weight excluding hydrogens is 302 g/mol. The van der Waals surface area contributed by atoms with Gasteiger partial charge in [0.25, 0.3) is 5.91 Å². The van der Waals surface area contributed by atoms with Crippen LogP contribution in [0.15, 0.2) is 22.7 Å². The third-order valence-corrected chi connectivity index (χ3v) is 4.73. The number of nitrogens with zero attached hydrogens (tertiary/aromatic N) is 3. The van der Waals surface area contributed by atoms with Gasteiger partial charge in [0, 0.05) is 24.5 Å². The molecule has 5 heteroatoms. The first-order valence-corrected chi connectivity index (χ1v) is 8.75. The first kappa shape index (κ1) is 16.7. The second-order valence-corrected chi connectivity index (χ2v) is 6.65. The van der Waals surface area contributed by atoms with Gasteiger partial charge >= 0.3 is 0 Å². The van der Waals surface area contributed by atoms with Crippen molar-refractivity contribution in [3.8, 4) is 0 Å². The molecule has 3 rings (SSSR count). The number of rotatable bonds is 4. The predicted octanol–water partition coefficient (Wildman–Crippen LogP) is 3.34. The summed E-state index contributed by atoms with van der Waals surface area (Å²) in [5.74, 6) is 1.15. The van der Waals surface area contributed by atoms with Crippen LogP contribution in [-0.4, -0.2) is 34.0 Å². The van der Waals surface area contributed by atoms with Crippen LogP contribution in [0.5, 0.6) is 0 Å².